The second-order valence-electron chi connectivity index (χ2n) is 3.80. The maximum atomic E-state index is 13.4. The summed E-state index contributed by atoms with van der Waals surface area (Å²) in [7, 11) is 1.55. The zero-order valence-corrected chi connectivity index (χ0v) is 10.8. The maximum absolute atomic E-state index is 13.4. The van der Waals surface area contributed by atoms with Crippen molar-refractivity contribution in [2.75, 3.05) is 7.11 Å². The number of aryl methyl sites for hydroxylation is 1. The van der Waals surface area contributed by atoms with Crippen LogP contribution in [0.3, 0.4) is 0 Å². The third-order valence-electron chi connectivity index (χ3n) is 2.57. The number of methoxy groups -OCH3 is 1. The SMILES string of the molecule is COC(c1ccccc1)c1nc(C)c(F)c(Cl)n1. The summed E-state index contributed by atoms with van der Waals surface area (Å²) in [4.78, 5) is 8.02. The molecule has 0 saturated heterocycles. The summed E-state index contributed by atoms with van der Waals surface area (Å²) in [5.74, 6) is -0.240. The standard InChI is InChI=1S/C13H12ClFN2O/c1-8-10(15)12(14)17-13(16-8)11(18-2)9-6-4-3-5-7-9/h3-7,11H,1-2H3. The molecule has 0 radical (unpaired) electrons. The fourth-order valence-corrected chi connectivity index (χ4v) is 1.90. The lowest BCUT2D eigenvalue weighted by molar-refractivity contribution is 0.128. The second kappa shape index (κ2) is 5.42. The first kappa shape index (κ1) is 12.9. The molecule has 0 spiro atoms. The molecule has 1 heterocycles. The Hall–Kier alpha value is -1.52. The van der Waals surface area contributed by atoms with Gasteiger partial charge in [-0.15, -0.1) is 0 Å². The molecule has 0 N–H and O–H groups in total. The zero-order chi connectivity index (χ0) is 13.1. The third kappa shape index (κ3) is 2.49. The predicted octanol–water partition coefficient (Wildman–Crippen LogP) is 3.31. The van der Waals surface area contributed by atoms with Crippen LogP contribution in [0.1, 0.15) is 23.2 Å². The Kier molecular flexibility index (Phi) is 3.89. The number of nitrogens with zero attached hydrogens (tertiary/aromatic N) is 2. The van der Waals surface area contributed by atoms with E-state index < -0.39 is 11.9 Å². The van der Waals surface area contributed by atoms with E-state index in [2.05, 4.69) is 9.97 Å². The van der Waals surface area contributed by atoms with Gasteiger partial charge in [0.25, 0.3) is 0 Å². The number of halogens is 2. The molecule has 0 saturated carbocycles. The second-order valence-corrected chi connectivity index (χ2v) is 4.16. The fourth-order valence-electron chi connectivity index (χ4n) is 1.68. The Labute approximate surface area is 110 Å². The Morgan fingerprint density at radius 2 is 1.89 bits per heavy atom. The van der Waals surface area contributed by atoms with E-state index in [0.29, 0.717) is 5.82 Å². The van der Waals surface area contributed by atoms with E-state index in [1.54, 1.807) is 14.0 Å². The number of aromatic nitrogens is 2. The zero-order valence-electron chi connectivity index (χ0n) is 10.0. The highest BCUT2D eigenvalue weighted by molar-refractivity contribution is 6.29. The highest BCUT2D eigenvalue weighted by Crippen LogP contribution is 2.25. The van der Waals surface area contributed by atoms with Gasteiger partial charge in [-0.25, -0.2) is 14.4 Å². The van der Waals surface area contributed by atoms with E-state index >= 15 is 0 Å². The van der Waals surface area contributed by atoms with Crippen LogP contribution in [0.2, 0.25) is 5.15 Å². The molecule has 0 aliphatic heterocycles. The van der Waals surface area contributed by atoms with Crippen molar-refractivity contribution < 1.29 is 9.13 Å². The lowest BCUT2D eigenvalue weighted by Crippen LogP contribution is -2.10. The number of hydrogen-bond acceptors (Lipinski definition) is 3. The smallest absolute Gasteiger partial charge is 0.181 e. The van der Waals surface area contributed by atoms with Crippen LogP contribution in [0.5, 0.6) is 0 Å². The summed E-state index contributed by atoms with van der Waals surface area (Å²) in [5.41, 5.74) is 1.10. The molecule has 1 unspecified atom stereocenters. The third-order valence-corrected chi connectivity index (χ3v) is 2.82. The Balaban J connectivity index is 2.46. The van der Waals surface area contributed by atoms with E-state index in [-0.39, 0.29) is 10.8 Å². The van der Waals surface area contributed by atoms with Crippen molar-refractivity contribution in [1.29, 1.82) is 0 Å². The van der Waals surface area contributed by atoms with Gasteiger partial charge in [0, 0.05) is 7.11 Å². The first-order valence-electron chi connectivity index (χ1n) is 5.40. The largest absolute Gasteiger partial charge is 0.369 e. The van der Waals surface area contributed by atoms with Crippen LogP contribution in [0.25, 0.3) is 0 Å². The van der Waals surface area contributed by atoms with Crippen LogP contribution in [0, 0.1) is 12.7 Å². The molecular weight excluding hydrogens is 255 g/mol. The summed E-state index contributed by atoms with van der Waals surface area (Å²) < 4.78 is 18.7. The van der Waals surface area contributed by atoms with Crippen molar-refractivity contribution in [3.63, 3.8) is 0 Å². The Morgan fingerprint density at radius 3 is 2.44 bits per heavy atom. The van der Waals surface area contributed by atoms with E-state index in [0.717, 1.165) is 5.56 Å². The first-order chi connectivity index (χ1) is 8.63. The minimum atomic E-state index is -0.594. The molecule has 0 bridgehead atoms. The Morgan fingerprint density at radius 1 is 1.22 bits per heavy atom. The van der Waals surface area contributed by atoms with Crippen molar-refractivity contribution >= 4 is 11.6 Å². The van der Waals surface area contributed by atoms with Gasteiger partial charge in [0.1, 0.15) is 6.10 Å². The average molecular weight is 267 g/mol. The van der Waals surface area contributed by atoms with Gasteiger partial charge < -0.3 is 4.74 Å². The van der Waals surface area contributed by atoms with E-state index in [9.17, 15) is 4.39 Å². The van der Waals surface area contributed by atoms with Crippen molar-refractivity contribution in [3.8, 4) is 0 Å². The number of rotatable bonds is 3. The monoisotopic (exact) mass is 266 g/mol. The van der Waals surface area contributed by atoms with Crippen molar-refractivity contribution in [1.82, 2.24) is 9.97 Å². The average Bonchev–Trinajstić information content (AvgIpc) is 2.38. The van der Waals surface area contributed by atoms with Gasteiger partial charge in [-0.1, -0.05) is 41.9 Å². The molecule has 2 aromatic rings. The molecule has 18 heavy (non-hydrogen) atoms. The van der Waals surface area contributed by atoms with Gasteiger partial charge >= 0.3 is 0 Å². The fraction of sp³-hybridized carbons (Fsp3) is 0.231. The molecule has 1 aromatic carbocycles. The number of benzene rings is 1. The maximum Gasteiger partial charge on any atom is 0.181 e. The van der Waals surface area contributed by atoms with E-state index in [1.807, 2.05) is 30.3 Å². The molecule has 1 atom stereocenters. The lowest BCUT2D eigenvalue weighted by Gasteiger charge is -2.15. The molecule has 0 aliphatic carbocycles. The van der Waals surface area contributed by atoms with E-state index in [4.69, 9.17) is 16.3 Å². The quantitative estimate of drug-likeness (QED) is 0.800. The highest BCUT2D eigenvalue weighted by Gasteiger charge is 2.19. The summed E-state index contributed by atoms with van der Waals surface area (Å²) in [6.45, 7) is 1.55. The Bertz CT molecular complexity index is 525. The molecule has 0 fully saturated rings. The number of hydrogen-bond donors (Lipinski definition) is 0. The van der Waals surface area contributed by atoms with Crippen molar-refractivity contribution in [3.05, 3.63) is 58.4 Å². The molecule has 2 rings (SSSR count). The molecule has 0 amide bonds. The van der Waals surface area contributed by atoms with Crippen LogP contribution >= 0.6 is 11.6 Å². The van der Waals surface area contributed by atoms with Crippen LogP contribution in [-0.4, -0.2) is 17.1 Å². The number of ether oxygens (including phenoxy) is 1. The van der Waals surface area contributed by atoms with Gasteiger partial charge in [0.2, 0.25) is 0 Å². The summed E-state index contributed by atoms with van der Waals surface area (Å²) in [6, 6.07) is 9.47. The minimum absolute atomic E-state index is 0.185. The van der Waals surface area contributed by atoms with Gasteiger partial charge in [-0.2, -0.15) is 0 Å². The molecule has 3 nitrogen and oxygen atoms in total. The van der Waals surface area contributed by atoms with Crippen LogP contribution < -0.4 is 0 Å². The van der Waals surface area contributed by atoms with Crippen molar-refractivity contribution in [2.24, 2.45) is 0 Å². The molecule has 1 aromatic heterocycles. The van der Waals surface area contributed by atoms with Gasteiger partial charge in [-0.3, -0.25) is 0 Å². The van der Waals surface area contributed by atoms with Crippen LogP contribution in [0.4, 0.5) is 4.39 Å². The van der Waals surface area contributed by atoms with Gasteiger partial charge in [0.05, 0.1) is 5.69 Å². The van der Waals surface area contributed by atoms with Crippen LogP contribution in [-0.2, 0) is 4.74 Å². The van der Waals surface area contributed by atoms with Gasteiger partial charge in [-0.05, 0) is 12.5 Å². The summed E-state index contributed by atoms with van der Waals surface area (Å²) in [5, 5.41) is -0.185. The summed E-state index contributed by atoms with van der Waals surface area (Å²) >= 11 is 5.73. The van der Waals surface area contributed by atoms with E-state index in [1.165, 1.54) is 0 Å². The van der Waals surface area contributed by atoms with Crippen molar-refractivity contribution in [2.45, 2.75) is 13.0 Å². The van der Waals surface area contributed by atoms with Gasteiger partial charge in [0.15, 0.2) is 16.8 Å². The van der Waals surface area contributed by atoms with Crippen LogP contribution in [0.15, 0.2) is 30.3 Å². The topological polar surface area (TPSA) is 35.0 Å². The first-order valence-corrected chi connectivity index (χ1v) is 5.78. The highest BCUT2D eigenvalue weighted by atomic mass is 35.5. The summed E-state index contributed by atoms with van der Waals surface area (Å²) in [6.07, 6.45) is -0.456. The lowest BCUT2D eigenvalue weighted by atomic mass is 10.1. The normalized spacial score (nSPS) is 12.4. The molecule has 0 aliphatic rings. The molecular formula is C13H12ClFN2O. The minimum Gasteiger partial charge on any atom is -0.369 e. The molecule has 5 heteroatoms. The molecule has 94 valence electrons. The predicted molar refractivity (Wildman–Crippen MR) is 67.0 cm³/mol.